The summed E-state index contributed by atoms with van der Waals surface area (Å²) in [6.45, 7) is 1.72. The van der Waals surface area contributed by atoms with Crippen LogP contribution in [-0.2, 0) is 4.74 Å². The number of hydrogen-bond acceptors (Lipinski definition) is 2. The number of ether oxygens (including phenoxy) is 1. The molecule has 0 heterocycles. The van der Waals surface area contributed by atoms with Crippen LogP contribution in [-0.4, -0.2) is 19.0 Å². The van der Waals surface area contributed by atoms with Crippen LogP contribution in [0.4, 0.5) is 0 Å². The van der Waals surface area contributed by atoms with Crippen molar-refractivity contribution in [3.05, 3.63) is 12.2 Å². The molecule has 0 aromatic carbocycles. The van der Waals surface area contributed by atoms with Crippen LogP contribution < -0.4 is 0 Å². The summed E-state index contributed by atoms with van der Waals surface area (Å²) in [7, 11) is 0. The Balaban J connectivity index is 1.80. The highest BCUT2D eigenvalue weighted by molar-refractivity contribution is 7.80. The van der Waals surface area contributed by atoms with Gasteiger partial charge in [0.2, 0.25) is 0 Å². The highest BCUT2D eigenvalue weighted by Crippen LogP contribution is 2.28. The largest absolute Gasteiger partial charge is 0.377 e. The van der Waals surface area contributed by atoms with Crippen molar-refractivity contribution in [3.63, 3.8) is 0 Å². The van der Waals surface area contributed by atoms with E-state index in [1.165, 1.54) is 12.8 Å². The van der Waals surface area contributed by atoms with Gasteiger partial charge in [-0.05, 0) is 18.8 Å². The van der Waals surface area contributed by atoms with Crippen molar-refractivity contribution in [1.29, 1.82) is 0 Å². The molecule has 2 heteroatoms. The van der Waals surface area contributed by atoms with Crippen molar-refractivity contribution in [2.24, 2.45) is 5.92 Å². The second-order valence-electron chi connectivity index (χ2n) is 2.63. The molecule has 1 nitrogen and oxygen atoms in total. The lowest BCUT2D eigenvalue weighted by Crippen LogP contribution is -1.95. The van der Waals surface area contributed by atoms with Crippen molar-refractivity contribution in [2.45, 2.75) is 12.8 Å². The Hall–Kier alpha value is 0.0500. The molecule has 1 aliphatic carbocycles. The van der Waals surface area contributed by atoms with Gasteiger partial charge in [0.25, 0.3) is 0 Å². The molecule has 0 spiro atoms. The molecule has 0 aromatic heterocycles. The van der Waals surface area contributed by atoms with Crippen LogP contribution in [0.2, 0.25) is 0 Å². The fourth-order valence-electron chi connectivity index (χ4n) is 0.730. The van der Waals surface area contributed by atoms with Gasteiger partial charge in [-0.25, -0.2) is 0 Å². The first kappa shape index (κ1) is 8.15. The van der Waals surface area contributed by atoms with E-state index in [1.807, 2.05) is 12.2 Å². The van der Waals surface area contributed by atoms with Crippen LogP contribution in [0, 0.1) is 5.92 Å². The van der Waals surface area contributed by atoms with E-state index < -0.39 is 0 Å². The minimum atomic E-state index is 0.761. The van der Waals surface area contributed by atoms with E-state index in [0.29, 0.717) is 0 Å². The zero-order valence-electron chi connectivity index (χ0n) is 6.12. The molecule has 0 N–H and O–H groups in total. The van der Waals surface area contributed by atoms with Crippen LogP contribution >= 0.6 is 12.6 Å². The lowest BCUT2D eigenvalue weighted by molar-refractivity contribution is 0.151. The minimum Gasteiger partial charge on any atom is -0.377 e. The molecule has 10 heavy (non-hydrogen) atoms. The Kier molecular flexibility index (Phi) is 3.91. The molecule has 0 unspecified atom stereocenters. The molecule has 0 aliphatic heterocycles. The lowest BCUT2D eigenvalue weighted by atomic mass is 10.5. The van der Waals surface area contributed by atoms with Crippen molar-refractivity contribution >= 4 is 12.6 Å². The summed E-state index contributed by atoms with van der Waals surface area (Å²) in [5.41, 5.74) is 0. The fraction of sp³-hybridized carbons (Fsp3) is 0.750. The van der Waals surface area contributed by atoms with Gasteiger partial charge < -0.3 is 4.74 Å². The Labute approximate surface area is 67.9 Å². The maximum absolute atomic E-state index is 5.34. The Bertz CT molecular complexity index is 108. The summed E-state index contributed by atoms with van der Waals surface area (Å²) in [5.74, 6) is 1.69. The summed E-state index contributed by atoms with van der Waals surface area (Å²) in [5, 5.41) is 0. The Morgan fingerprint density at radius 1 is 1.40 bits per heavy atom. The minimum absolute atomic E-state index is 0.761. The van der Waals surface area contributed by atoms with Gasteiger partial charge in [0.1, 0.15) is 0 Å². The number of rotatable bonds is 5. The van der Waals surface area contributed by atoms with Crippen LogP contribution in [0.25, 0.3) is 0 Å². The molecule has 0 atom stereocenters. The molecule has 1 rings (SSSR count). The highest BCUT2D eigenvalue weighted by Gasteiger charge is 2.20. The summed E-state index contributed by atoms with van der Waals surface area (Å²) in [6.07, 6.45) is 6.78. The topological polar surface area (TPSA) is 9.23 Å². The third-order valence-electron chi connectivity index (χ3n) is 1.54. The van der Waals surface area contributed by atoms with E-state index in [2.05, 4.69) is 12.6 Å². The van der Waals surface area contributed by atoms with Gasteiger partial charge in [0.05, 0.1) is 6.61 Å². The first-order chi connectivity index (χ1) is 4.93. The molecule has 1 fully saturated rings. The average Bonchev–Trinajstić information content (AvgIpc) is 2.71. The predicted octanol–water partition coefficient (Wildman–Crippen LogP) is 1.90. The van der Waals surface area contributed by atoms with E-state index in [-0.39, 0.29) is 0 Å². The second-order valence-corrected chi connectivity index (χ2v) is 3.00. The maximum atomic E-state index is 5.34. The van der Waals surface area contributed by atoms with E-state index in [4.69, 9.17) is 4.74 Å². The molecule has 0 saturated heterocycles. The summed E-state index contributed by atoms with van der Waals surface area (Å²) >= 11 is 4.03. The third kappa shape index (κ3) is 3.96. The van der Waals surface area contributed by atoms with Crippen molar-refractivity contribution in [2.75, 3.05) is 19.0 Å². The van der Waals surface area contributed by atoms with Gasteiger partial charge >= 0.3 is 0 Å². The van der Waals surface area contributed by atoms with Crippen LogP contribution in [0.5, 0.6) is 0 Å². The molecule has 0 bridgehead atoms. The van der Waals surface area contributed by atoms with Gasteiger partial charge in [-0.15, -0.1) is 0 Å². The first-order valence-electron chi connectivity index (χ1n) is 3.77. The predicted molar refractivity (Wildman–Crippen MR) is 46.5 cm³/mol. The molecular formula is C8H14OS. The van der Waals surface area contributed by atoms with Crippen molar-refractivity contribution in [1.82, 2.24) is 0 Å². The van der Waals surface area contributed by atoms with Gasteiger partial charge in [0, 0.05) is 12.4 Å². The SMILES string of the molecule is SCC=CCOCC1CC1. The lowest BCUT2D eigenvalue weighted by Gasteiger charge is -1.95. The number of thiol groups is 1. The quantitative estimate of drug-likeness (QED) is 0.365. The zero-order valence-corrected chi connectivity index (χ0v) is 7.02. The second kappa shape index (κ2) is 4.80. The van der Waals surface area contributed by atoms with Crippen LogP contribution in [0.15, 0.2) is 12.2 Å². The van der Waals surface area contributed by atoms with Crippen LogP contribution in [0.3, 0.4) is 0 Å². The molecule has 0 amide bonds. The van der Waals surface area contributed by atoms with Gasteiger partial charge in [-0.1, -0.05) is 12.2 Å². The summed E-state index contributed by atoms with van der Waals surface area (Å²) < 4.78 is 5.34. The standard InChI is InChI=1S/C8H14OS/c10-6-2-1-5-9-7-8-3-4-8/h1-2,8,10H,3-7H2. The van der Waals surface area contributed by atoms with Crippen molar-refractivity contribution < 1.29 is 4.74 Å². The maximum Gasteiger partial charge on any atom is 0.0647 e. The summed E-state index contributed by atoms with van der Waals surface area (Å²) in [6, 6.07) is 0. The molecule has 58 valence electrons. The van der Waals surface area contributed by atoms with Crippen molar-refractivity contribution in [3.8, 4) is 0 Å². The van der Waals surface area contributed by atoms with Gasteiger partial charge in [0.15, 0.2) is 0 Å². The molecule has 0 aromatic rings. The molecular weight excluding hydrogens is 144 g/mol. The molecule has 0 radical (unpaired) electrons. The van der Waals surface area contributed by atoms with Gasteiger partial charge in [-0.3, -0.25) is 0 Å². The molecule has 1 saturated carbocycles. The Morgan fingerprint density at radius 3 is 2.80 bits per heavy atom. The molecule has 1 aliphatic rings. The number of hydrogen-bond donors (Lipinski definition) is 1. The Morgan fingerprint density at radius 2 is 2.20 bits per heavy atom. The average molecular weight is 158 g/mol. The smallest absolute Gasteiger partial charge is 0.0647 e. The zero-order chi connectivity index (χ0) is 7.23. The first-order valence-corrected chi connectivity index (χ1v) is 4.40. The highest BCUT2D eigenvalue weighted by atomic mass is 32.1. The van der Waals surface area contributed by atoms with E-state index in [1.54, 1.807) is 0 Å². The van der Waals surface area contributed by atoms with E-state index in [9.17, 15) is 0 Å². The monoisotopic (exact) mass is 158 g/mol. The van der Waals surface area contributed by atoms with E-state index >= 15 is 0 Å². The normalized spacial score (nSPS) is 18.5. The summed E-state index contributed by atoms with van der Waals surface area (Å²) in [4.78, 5) is 0. The third-order valence-corrected chi connectivity index (χ3v) is 1.75. The fourth-order valence-corrected chi connectivity index (χ4v) is 0.879. The van der Waals surface area contributed by atoms with E-state index in [0.717, 1.165) is 24.9 Å². The van der Waals surface area contributed by atoms with Gasteiger partial charge in [-0.2, -0.15) is 12.6 Å². The van der Waals surface area contributed by atoms with Crippen LogP contribution in [0.1, 0.15) is 12.8 Å².